The molecule has 0 atom stereocenters. The van der Waals surface area contributed by atoms with Gasteiger partial charge in [0.2, 0.25) is 0 Å². The number of thiophene rings is 1. The van der Waals surface area contributed by atoms with Gasteiger partial charge in [-0.25, -0.2) is 4.98 Å². The summed E-state index contributed by atoms with van der Waals surface area (Å²) in [6.07, 6.45) is 6.53. The molecule has 1 amide bonds. The molecule has 6 nitrogen and oxygen atoms in total. The number of nitrogens with one attached hydrogen (secondary N) is 1. The van der Waals surface area contributed by atoms with E-state index in [0.29, 0.717) is 6.54 Å². The second kappa shape index (κ2) is 7.13. The Morgan fingerprint density at radius 3 is 3.00 bits per heavy atom. The van der Waals surface area contributed by atoms with E-state index < -0.39 is 0 Å². The van der Waals surface area contributed by atoms with Gasteiger partial charge in [-0.05, 0) is 44.9 Å². The maximum atomic E-state index is 12.7. The normalized spacial score (nSPS) is 19.5. The van der Waals surface area contributed by atoms with E-state index in [1.807, 2.05) is 10.8 Å². The van der Waals surface area contributed by atoms with Crippen LogP contribution >= 0.6 is 11.3 Å². The highest BCUT2D eigenvalue weighted by Crippen LogP contribution is 2.45. The Labute approximate surface area is 158 Å². The molecule has 1 fully saturated rings. The van der Waals surface area contributed by atoms with Crippen molar-refractivity contribution in [3.8, 4) is 0 Å². The quantitative estimate of drug-likeness (QED) is 0.893. The molecule has 26 heavy (non-hydrogen) atoms. The van der Waals surface area contributed by atoms with Crippen LogP contribution in [0.1, 0.15) is 45.6 Å². The predicted molar refractivity (Wildman–Crippen MR) is 101 cm³/mol. The number of fused-ring (bicyclic) bond motifs is 2. The molecule has 0 aliphatic carbocycles. The van der Waals surface area contributed by atoms with Crippen molar-refractivity contribution >= 4 is 17.2 Å². The number of imidazole rings is 1. The lowest BCUT2D eigenvalue weighted by Gasteiger charge is -2.42. The lowest BCUT2D eigenvalue weighted by Crippen LogP contribution is -2.44. The number of nitrogens with zero attached hydrogens (tertiary/aromatic N) is 3. The van der Waals surface area contributed by atoms with Crippen molar-refractivity contribution in [3.05, 3.63) is 39.6 Å². The molecular formula is C19H26N4O2S. The van der Waals surface area contributed by atoms with Crippen LogP contribution in [-0.4, -0.2) is 47.1 Å². The highest BCUT2D eigenvalue weighted by atomic mass is 32.1. The van der Waals surface area contributed by atoms with Crippen molar-refractivity contribution < 1.29 is 9.53 Å². The molecule has 0 unspecified atom stereocenters. The third-order valence-electron chi connectivity index (χ3n) is 5.56. The minimum atomic E-state index is -0.176. The lowest BCUT2D eigenvalue weighted by atomic mass is 9.85. The number of aryl methyl sites for hydroxylation is 1. The number of carbonyl (C=O) groups excluding carboxylic acids is 1. The minimum Gasteiger partial charge on any atom is -0.369 e. The zero-order valence-electron chi connectivity index (χ0n) is 15.5. The zero-order valence-corrected chi connectivity index (χ0v) is 16.3. The van der Waals surface area contributed by atoms with Gasteiger partial charge >= 0.3 is 0 Å². The Hall–Kier alpha value is -1.70. The number of carbonyl (C=O) groups is 1. The highest BCUT2D eigenvalue weighted by Gasteiger charge is 2.42. The first-order chi connectivity index (χ1) is 12.6. The minimum absolute atomic E-state index is 0.00340. The van der Waals surface area contributed by atoms with Crippen LogP contribution in [0.4, 0.5) is 0 Å². The van der Waals surface area contributed by atoms with Crippen LogP contribution in [0.25, 0.3) is 0 Å². The molecule has 1 spiro atoms. The van der Waals surface area contributed by atoms with E-state index in [0.717, 1.165) is 56.1 Å². The lowest BCUT2D eigenvalue weighted by molar-refractivity contribution is -0.0921. The van der Waals surface area contributed by atoms with Crippen LogP contribution < -0.4 is 5.32 Å². The van der Waals surface area contributed by atoms with Crippen molar-refractivity contribution in [1.82, 2.24) is 19.8 Å². The molecule has 0 saturated carbocycles. The molecule has 2 aliphatic rings. The average molecular weight is 375 g/mol. The fourth-order valence-electron chi connectivity index (χ4n) is 3.92. The first kappa shape index (κ1) is 17.7. The number of amides is 1. The summed E-state index contributed by atoms with van der Waals surface area (Å²) in [6, 6.07) is 2.08. The maximum Gasteiger partial charge on any atom is 0.261 e. The Bertz CT molecular complexity index is 789. The van der Waals surface area contributed by atoms with E-state index in [2.05, 4.69) is 35.2 Å². The molecule has 1 N–H and O–H groups in total. The largest absolute Gasteiger partial charge is 0.369 e. The second-order valence-corrected chi connectivity index (χ2v) is 8.27. The van der Waals surface area contributed by atoms with Crippen molar-refractivity contribution in [2.75, 3.05) is 26.7 Å². The molecule has 2 aromatic heterocycles. The van der Waals surface area contributed by atoms with Crippen LogP contribution in [0.3, 0.4) is 0 Å². The van der Waals surface area contributed by atoms with Crippen LogP contribution in [-0.2, 0) is 29.8 Å². The summed E-state index contributed by atoms with van der Waals surface area (Å²) in [5, 5.41) is 3.05. The summed E-state index contributed by atoms with van der Waals surface area (Å²) < 4.78 is 8.31. The van der Waals surface area contributed by atoms with Gasteiger partial charge in [-0.2, -0.15) is 0 Å². The van der Waals surface area contributed by atoms with Gasteiger partial charge in [0, 0.05) is 30.7 Å². The van der Waals surface area contributed by atoms with Crippen molar-refractivity contribution in [3.63, 3.8) is 0 Å². The van der Waals surface area contributed by atoms with Crippen molar-refractivity contribution in [2.45, 2.75) is 44.9 Å². The molecule has 1 saturated heterocycles. The predicted octanol–water partition coefficient (Wildman–Crippen LogP) is 2.39. The first-order valence-electron chi connectivity index (χ1n) is 9.34. The van der Waals surface area contributed by atoms with E-state index in [9.17, 15) is 4.79 Å². The smallest absolute Gasteiger partial charge is 0.261 e. The standard InChI is InChI=1S/C19H26N4O2S/c1-3-23-13-20-11-15(23)12-21-18(24)16-10-14-4-9-25-19(17(14)26-16)5-7-22(2)8-6-19/h10-11,13H,3-9,12H2,1-2H3,(H,21,24). The number of hydrogen-bond donors (Lipinski definition) is 1. The molecule has 2 aliphatic heterocycles. The number of rotatable bonds is 4. The Balaban J connectivity index is 1.50. The van der Waals surface area contributed by atoms with E-state index in [1.54, 1.807) is 17.7 Å². The number of aromatic nitrogens is 2. The fraction of sp³-hybridized carbons (Fsp3) is 0.579. The summed E-state index contributed by atoms with van der Waals surface area (Å²) in [5.41, 5.74) is 2.15. The Morgan fingerprint density at radius 1 is 1.42 bits per heavy atom. The van der Waals surface area contributed by atoms with Crippen LogP contribution in [0.5, 0.6) is 0 Å². The van der Waals surface area contributed by atoms with Crippen LogP contribution in [0, 0.1) is 0 Å². The summed E-state index contributed by atoms with van der Waals surface area (Å²) in [4.78, 5) is 21.3. The second-order valence-electron chi connectivity index (χ2n) is 7.21. The zero-order chi connectivity index (χ0) is 18.1. The summed E-state index contributed by atoms with van der Waals surface area (Å²) in [6.45, 7) is 6.26. The van der Waals surface area contributed by atoms with Gasteiger partial charge in [0.25, 0.3) is 5.91 Å². The van der Waals surface area contributed by atoms with Gasteiger partial charge in [0.05, 0.1) is 30.1 Å². The Morgan fingerprint density at radius 2 is 2.23 bits per heavy atom. The molecular weight excluding hydrogens is 348 g/mol. The fourth-order valence-corrected chi connectivity index (χ4v) is 5.25. The van der Waals surface area contributed by atoms with Gasteiger partial charge in [-0.3, -0.25) is 4.79 Å². The molecule has 140 valence electrons. The third-order valence-corrected chi connectivity index (χ3v) is 6.92. The van der Waals surface area contributed by atoms with E-state index in [4.69, 9.17) is 4.74 Å². The van der Waals surface area contributed by atoms with Gasteiger partial charge in [0.1, 0.15) is 5.60 Å². The summed E-state index contributed by atoms with van der Waals surface area (Å²) in [5.74, 6) is -0.00340. The van der Waals surface area contributed by atoms with Crippen molar-refractivity contribution in [1.29, 1.82) is 0 Å². The molecule has 0 radical (unpaired) electrons. The van der Waals surface area contributed by atoms with Gasteiger partial charge < -0.3 is 19.5 Å². The van der Waals surface area contributed by atoms with Gasteiger partial charge in [-0.1, -0.05) is 0 Å². The third kappa shape index (κ3) is 3.19. The van der Waals surface area contributed by atoms with Gasteiger partial charge in [-0.15, -0.1) is 11.3 Å². The van der Waals surface area contributed by atoms with E-state index in [1.165, 1.54) is 10.4 Å². The molecule has 0 bridgehead atoms. The summed E-state index contributed by atoms with van der Waals surface area (Å²) >= 11 is 1.62. The monoisotopic (exact) mass is 374 g/mol. The first-order valence-corrected chi connectivity index (χ1v) is 10.2. The molecule has 4 rings (SSSR count). The SMILES string of the molecule is CCn1cncc1CNC(=O)c1cc2c(s1)C1(CCN(C)CC1)OCC2. The van der Waals surface area contributed by atoms with Gasteiger partial charge in [0.15, 0.2) is 0 Å². The van der Waals surface area contributed by atoms with Crippen molar-refractivity contribution in [2.24, 2.45) is 0 Å². The number of piperidine rings is 1. The average Bonchev–Trinajstić information content (AvgIpc) is 3.29. The molecule has 2 aromatic rings. The molecule has 0 aromatic carbocycles. The topological polar surface area (TPSA) is 59.4 Å². The molecule has 4 heterocycles. The van der Waals surface area contributed by atoms with Crippen LogP contribution in [0.2, 0.25) is 0 Å². The van der Waals surface area contributed by atoms with E-state index >= 15 is 0 Å². The molecule has 7 heteroatoms. The summed E-state index contributed by atoms with van der Waals surface area (Å²) in [7, 11) is 2.16. The number of hydrogen-bond acceptors (Lipinski definition) is 5. The number of likely N-dealkylation sites (tertiary alicyclic amines) is 1. The number of ether oxygens (including phenoxy) is 1. The van der Waals surface area contributed by atoms with E-state index in [-0.39, 0.29) is 11.5 Å². The van der Waals surface area contributed by atoms with Crippen LogP contribution in [0.15, 0.2) is 18.6 Å². The highest BCUT2D eigenvalue weighted by molar-refractivity contribution is 7.14. The maximum absolute atomic E-state index is 12.7. The Kier molecular flexibility index (Phi) is 4.86.